The minimum absolute atomic E-state index is 0.0843. The second-order valence-corrected chi connectivity index (χ2v) is 6.59. The van der Waals surface area contributed by atoms with Gasteiger partial charge in [-0.2, -0.15) is 5.10 Å². The third kappa shape index (κ3) is 3.39. The normalized spacial score (nSPS) is 11.3. The van der Waals surface area contributed by atoms with Crippen LogP contribution in [0.4, 0.5) is 5.69 Å². The van der Waals surface area contributed by atoms with Crippen LogP contribution in [0.5, 0.6) is 0 Å². The van der Waals surface area contributed by atoms with Gasteiger partial charge < -0.3 is 14.8 Å². The number of carbonyl (C=O) groups excluding carboxylic acids is 1. The summed E-state index contributed by atoms with van der Waals surface area (Å²) in [6.45, 7) is 3.47. The van der Waals surface area contributed by atoms with Crippen LogP contribution in [0.15, 0.2) is 41.3 Å². The van der Waals surface area contributed by atoms with E-state index in [1.165, 1.54) is 6.07 Å². The molecule has 136 valence electrons. The summed E-state index contributed by atoms with van der Waals surface area (Å²) in [5.74, 6) is -0.208. The molecule has 0 spiro atoms. The highest BCUT2D eigenvalue weighted by Crippen LogP contribution is 2.22. The van der Waals surface area contributed by atoms with E-state index in [1.54, 1.807) is 23.9 Å². The van der Waals surface area contributed by atoms with Crippen molar-refractivity contribution in [2.24, 2.45) is 7.05 Å². The van der Waals surface area contributed by atoms with Crippen molar-refractivity contribution in [1.82, 2.24) is 19.2 Å². The average molecular weight is 353 g/mol. The van der Waals surface area contributed by atoms with Crippen molar-refractivity contribution in [3.05, 3.63) is 58.1 Å². The number of anilines is 1. The summed E-state index contributed by atoms with van der Waals surface area (Å²) < 4.78 is 3.40. The summed E-state index contributed by atoms with van der Waals surface area (Å²) in [4.78, 5) is 26.6. The minimum Gasteiger partial charge on any atom is -0.321 e. The third-order valence-electron chi connectivity index (χ3n) is 4.52. The van der Waals surface area contributed by atoms with Crippen LogP contribution in [0.3, 0.4) is 0 Å². The quantitative estimate of drug-likeness (QED) is 0.760. The molecule has 0 aliphatic carbocycles. The van der Waals surface area contributed by atoms with Crippen LogP contribution in [0.25, 0.3) is 10.9 Å². The lowest BCUT2D eigenvalue weighted by Crippen LogP contribution is -2.20. The predicted molar refractivity (Wildman–Crippen MR) is 103 cm³/mol. The van der Waals surface area contributed by atoms with Crippen LogP contribution in [0.2, 0.25) is 0 Å². The Hall–Kier alpha value is -2.93. The van der Waals surface area contributed by atoms with Gasteiger partial charge in [0.25, 0.3) is 11.5 Å². The molecular formula is C19H23N5O2. The maximum atomic E-state index is 12.7. The predicted octanol–water partition coefficient (Wildman–Crippen LogP) is 1.86. The number of nitrogens with one attached hydrogen (secondary N) is 1. The van der Waals surface area contributed by atoms with Crippen molar-refractivity contribution in [2.75, 3.05) is 26.0 Å². The zero-order chi connectivity index (χ0) is 18.8. The number of rotatable bonds is 5. The monoisotopic (exact) mass is 353 g/mol. The molecule has 0 saturated heterocycles. The van der Waals surface area contributed by atoms with Crippen LogP contribution in [-0.4, -0.2) is 45.8 Å². The van der Waals surface area contributed by atoms with Crippen LogP contribution in [0.1, 0.15) is 16.1 Å². The number of aryl methyl sites for hydroxylation is 1. The molecule has 1 amide bonds. The van der Waals surface area contributed by atoms with Crippen molar-refractivity contribution >= 4 is 22.5 Å². The van der Waals surface area contributed by atoms with Crippen molar-refractivity contribution < 1.29 is 4.79 Å². The fourth-order valence-electron chi connectivity index (χ4n) is 2.89. The van der Waals surface area contributed by atoms with Gasteiger partial charge >= 0.3 is 0 Å². The highest BCUT2D eigenvalue weighted by atomic mass is 16.1. The van der Waals surface area contributed by atoms with E-state index in [0.29, 0.717) is 11.3 Å². The van der Waals surface area contributed by atoms with Gasteiger partial charge in [-0.3, -0.25) is 14.3 Å². The Balaban J connectivity index is 1.88. The van der Waals surface area contributed by atoms with Gasteiger partial charge in [0.05, 0.1) is 29.5 Å². The van der Waals surface area contributed by atoms with Crippen molar-refractivity contribution in [2.45, 2.75) is 13.5 Å². The Bertz CT molecular complexity index is 1020. The summed E-state index contributed by atoms with van der Waals surface area (Å²) in [5, 5.41) is 8.09. The fourth-order valence-corrected chi connectivity index (χ4v) is 2.89. The second-order valence-electron chi connectivity index (χ2n) is 6.59. The molecule has 3 aromatic rings. The van der Waals surface area contributed by atoms with Gasteiger partial charge in [-0.1, -0.05) is 6.07 Å². The number of nitrogens with zero attached hydrogens (tertiary/aromatic N) is 4. The molecular weight excluding hydrogens is 330 g/mol. The zero-order valence-corrected chi connectivity index (χ0v) is 15.5. The molecule has 1 N–H and O–H groups in total. The number of hydrogen-bond donors (Lipinski definition) is 1. The van der Waals surface area contributed by atoms with Gasteiger partial charge in [0.2, 0.25) is 0 Å². The first-order valence-electron chi connectivity index (χ1n) is 8.45. The molecule has 0 atom stereocenters. The second kappa shape index (κ2) is 7.13. The molecule has 2 heterocycles. The molecule has 3 rings (SSSR count). The Morgan fingerprint density at radius 3 is 2.73 bits per heavy atom. The molecule has 0 fully saturated rings. The average Bonchev–Trinajstić information content (AvgIpc) is 2.97. The highest BCUT2D eigenvalue weighted by Gasteiger charge is 2.15. The standard InChI is InChI=1S/C19H23N5O2/c1-13-15(12-20-24(13)11-10-22(2)3)19(26)21-16-6-5-7-17-14(16)8-9-18(25)23(17)4/h5-9,12H,10-11H2,1-4H3,(H,21,26). The first-order chi connectivity index (χ1) is 12.4. The number of amides is 1. The van der Waals surface area contributed by atoms with Crippen LogP contribution < -0.4 is 10.9 Å². The number of fused-ring (bicyclic) bond motifs is 1. The number of pyridine rings is 1. The maximum Gasteiger partial charge on any atom is 0.259 e. The molecule has 0 aliphatic heterocycles. The molecule has 0 aliphatic rings. The van der Waals surface area contributed by atoms with E-state index >= 15 is 0 Å². The van der Waals surface area contributed by atoms with E-state index in [9.17, 15) is 9.59 Å². The first-order valence-corrected chi connectivity index (χ1v) is 8.45. The maximum absolute atomic E-state index is 12.7. The van der Waals surface area contributed by atoms with Gasteiger partial charge in [-0.25, -0.2) is 0 Å². The van der Waals surface area contributed by atoms with E-state index in [0.717, 1.165) is 29.7 Å². The highest BCUT2D eigenvalue weighted by molar-refractivity contribution is 6.09. The first kappa shape index (κ1) is 17.9. The van der Waals surface area contributed by atoms with Crippen LogP contribution in [0, 0.1) is 6.92 Å². The van der Waals surface area contributed by atoms with Crippen molar-refractivity contribution in [1.29, 1.82) is 0 Å². The molecule has 0 bridgehead atoms. The van der Waals surface area contributed by atoms with E-state index in [4.69, 9.17) is 0 Å². The Morgan fingerprint density at radius 1 is 1.23 bits per heavy atom. The lowest BCUT2D eigenvalue weighted by molar-refractivity contribution is 0.102. The lowest BCUT2D eigenvalue weighted by atomic mass is 10.1. The Labute approximate surface area is 151 Å². The van der Waals surface area contributed by atoms with E-state index in [1.807, 2.05) is 43.9 Å². The summed E-state index contributed by atoms with van der Waals surface area (Å²) in [6, 6.07) is 8.75. The van der Waals surface area contributed by atoms with Gasteiger partial charge in [-0.05, 0) is 39.2 Å². The largest absolute Gasteiger partial charge is 0.321 e. The van der Waals surface area contributed by atoms with Gasteiger partial charge in [-0.15, -0.1) is 0 Å². The molecule has 7 nitrogen and oxygen atoms in total. The third-order valence-corrected chi connectivity index (χ3v) is 4.52. The fraction of sp³-hybridized carbons (Fsp3) is 0.316. The lowest BCUT2D eigenvalue weighted by Gasteiger charge is -2.12. The summed E-state index contributed by atoms with van der Waals surface area (Å²) >= 11 is 0. The number of carbonyl (C=O) groups is 1. The van der Waals surface area contributed by atoms with Crippen molar-refractivity contribution in [3.63, 3.8) is 0 Å². The smallest absolute Gasteiger partial charge is 0.259 e. The summed E-state index contributed by atoms with van der Waals surface area (Å²) in [7, 11) is 5.72. The zero-order valence-electron chi connectivity index (χ0n) is 15.5. The number of hydrogen-bond acceptors (Lipinski definition) is 4. The summed E-state index contributed by atoms with van der Waals surface area (Å²) in [6.07, 6.45) is 1.60. The number of aromatic nitrogens is 3. The van der Waals surface area contributed by atoms with Crippen molar-refractivity contribution in [3.8, 4) is 0 Å². The molecule has 1 aromatic carbocycles. The Kier molecular flexibility index (Phi) is 4.90. The molecule has 7 heteroatoms. The van der Waals surface area contributed by atoms with Crippen LogP contribution >= 0.6 is 0 Å². The topological polar surface area (TPSA) is 72.2 Å². The molecule has 0 unspecified atom stereocenters. The van der Waals surface area contributed by atoms with Gasteiger partial charge in [0.1, 0.15) is 0 Å². The minimum atomic E-state index is -0.208. The molecule has 26 heavy (non-hydrogen) atoms. The SMILES string of the molecule is Cc1c(C(=O)Nc2cccc3c2ccc(=O)n3C)cnn1CCN(C)C. The van der Waals surface area contributed by atoms with Gasteiger partial charge in [0, 0.05) is 30.7 Å². The molecule has 0 radical (unpaired) electrons. The van der Waals surface area contributed by atoms with E-state index in [-0.39, 0.29) is 11.5 Å². The Morgan fingerprint density at radius 2 is 2.00 bits per heavy atom. The van der Waals surface area contributed by atoms with Crippen LogP contribution in [-0.2, 0) is 13.6 Å². The van der Waals surface area contributed by atoms with E-state index in [2.05, 4.69) is 15.3 Å². The molecule has 2 aromatic heterocycles. The summed E-state index contributed by atoms with van der Waals surface area (Å²) in [5.41, 5.74) is 2.73. The number of likely N-dealkylation sites (N-methyl/N-ethyl adjacent to an activating group) is 1. The number of benzene rings is 1. The van der Waals surface area contributed by atoms with E-state index < -0.39 is 0 Å². The van der Waals surface area contributed by atoms with Gasteiger partial charge in [0.15, 0.2) is 0 Å². The molecule has 0 saturated carbocycles.